The van der Waals surface area contributed by atoms with Gasteiger partial charge in [-0.05, 0) is 12.1 Å². The largest absolute Gasteiger partial charge is 0.475 e. The van der Waals surface area contributed by atoms with Gasteiger partial charge in [0.2, 0.25) is 5.84 Å². The molecule has 58 valence electrons. The Kier molecular flexibility index (Phi) is 1.91. The van der Waals surface area contributed by atoms with Crippen molar-refractivity contribution in [3.05, 3.63) is 24.5 Å². The second kappa shape index (κ2) is 2.87. The number of nitrogens with zero attached hydrogens (tertiary/aromatic N) is 2. The van der Waals surface area contributed by atoms with Gasteiger partial charge in [-0.15, -0.1) is 5.10 Å². The molecule has 0 spiro atoms. The molecule has 0 bridgehead atoms. The van der Waals surface area contributed by atoms with Gasteiger partial charge in [0.25, 0.3) is 0 Å². The van der Waals surface area contributed by atoms with Crippen LogP contribution in [-0.2, 0) is 4.79 Å². The highest BCUT2D eigenvalue weighted by Crippen LogP contribution is 1.87. The molecule has 0 radical (unpaired) electrons. The summed E-state index contributed by atoms with van der Waals surface area (Å²) in [5.74, 6) is -1.65. The van der Waals surface area contributed by atoms with E-state index in [4.69, 9.17) is 10.8 Å². The van der Waals surface area contributed by atoms with Crippen molar-refractivity contribution in [2.75, 3.05) is 0 Å². The number of carbonyl (C=O) groups is 1. The summed E-state index contributed by atoms with van der Waals surface area (Å²) in [6.45, 7) is 0. The summed E-state index contributed by atoms with van der Waals surface area (Å²) >= 11 is 0. The van der Waals surface area contributed by atoms with E-state index in [9.17, 15) is 4.79 Å². The molecule has 0 aromatic carbocycles. The molecule has 0 saturated carbocycles. The van der Waals surface area contributed by atoms with Crippen molar-refractivity contribution in [1.29, 1.82) is 0 Å². The number of amidine groups is 1. The van der Waals surface area contributed by atoms with Crippen LogP contribution in [-0.4, -0.2) is 21.6 Å². The minimum absolute atomic E-state index is 0.429. The lowest BCUT2D eigenvalue weighted by atomic mass is 10.6. The van der Waals surface area contributed by atoms with Gasteiger partial charge in [-0.3, -0.25) is 0 Å². The zero-order chi connectivity index (χ0) is 8.27. The summed E-state index contributed by atoms with van der Waals surface area (Å²) in [5.41, 5.74) is 5.04. The fourth-order valence-corrected chi connectivity index (χ4v) is 0.559. The van der Waals surface area contributed by atoms with E-state index in [2.05, 4.69) is 5.10 Å². The average molecular weight is 153 g/mol. The molecule has 1 heterocycles. The zero-order valence-electron chi connectivity index (χ0n) is 5.64. The Balaban J connectivity index is 2.82. The van der Waals surface area contributed by atoms with Gasteiger partial charge in [-0.25, -0.2) is 9.47 Å². The first-order valence-corrected chi connectivity index (χ1v) is 2.91. The van der Waals surface area contributed by atoms with E-state index in [0.717, 1.165) is 0 Å². The van der Waals surface area contributed by atoms with Crippen LogP contribution < -0.4 is 5.73 Å². The van der Waals surface area contributed by atoms with Crippen LogP contribution in [0.5, 0.6) is 0 Å². The van der Waals surface area contributed by atoms with Crippen molar-refractivity contribution in [1.82, 2.24) is 4.68 Å². The van der Waals surface area contributed by atoms with Crippen LogP contribution in [0.3, 0.4) is 0 Å². The molecule has 0 aliphatic rings. The maximum absolute atomic E-state index is 10.2. The summed E-state index contributed by atoms with van der Waals surface area (Å²) in [5, 5.41) is 11.8. The molecule has 0 fully saturated rings. The second-order valence-corrected chi connectivity index (χ2v) is 1.85. The number of rotatable bonds is 1. The van der Waals surface area contributed by atoms with Gasteiger partial charge in [-0.2, -0.15) is 0 Å². The summed E-state index contributed by atoms with van der Waals surface area (Å²) < 4.78 is 1.32. The first kappa shape index (κ1) is 7.33. The van der Waals surface area contributed by atoms with Crippen LogP contribution in [0.1, 0.15) is 0 Å². The summed E-state index contributed by atoms with van der Waals surface area (Å²) in [7, 11) is 0. The predicted molar refractivity (Wildman–Crippen MR) is 39.1 cm³/mol. The van der Waals surface area contributed by atoms with Gasteiger partial charge < -0.3 is 10.8 Å². The molecule has 1 rings (SSSR count). The fourth-order valence-electron chi connectivity index (χ4n) is 0.559. The molecular formula is C6H7N3O2. The summed E-state index contributed by atoms with van der Waals surface area (Å²) in [4.78, 5) is 10.2. The third-order valence-electron chi connectivity index (χ3n) is 1.03. The Morgan fingerprint density at radius 1 is 1.45 bits per heavy atom. The number of nitrogens with two attached hydrogens (primary N) is 1. The van der Waals surface area contributed by atoms with Crippen LogP contribution >= 0.6 is 0 Å². The fraction of sp³-hybridized carbons (Fsp3) is 0. The van der Waals surface area contributed by atoms with Crippen molar-refractivity contribution in [2.45, 2.75) is 0 Å². The molecule has 5 nitrogen and oxygen atoms in total. The third-order valence-corrected chi connectivity index (χ3v) is 1.03. The van der Waals surface area contributed by atoms with Gasteiger partial charge in [0.1, 0.15) is 0 Å². The standard InChI is InChI=1S/C6H7N3O2/c7-5(6(10)11)8-9-3-1-2-4-9/h1-4H,(H2,7,8)(H,10,11). The molecule has 0 aliphatic carbocycles. The van der Waals surface area contributed by atoms with Crippen molar-refractivity contribution in [3.8, 4) is 0 Å². The highest BCUT2D eigenvalue weighted by Gasteiger charge is 2.01. The number of hydrogen-bond donors (Lipinski definition) is 2. The Bertz CT molecular complexity index is 276. The van der Waals surface area contributed by atoms with Gasteiger partial charge in [0.15, 0.2) is 0 Å². The van der Waals surface area contributed by atoms with Gasteiger partial charge in [0, 0.05) is 12.4 Å². The van der Waals surface area contributed by atoms with Crippen molar-refractivity contribution < 1.29 is 9.90 Å². The monoisotopic (exact) mass is 153 g/mol. The second-order valence-electron chi connectivity index (χ2n) is 1.85. The Hall–Kier alpha value is -1.78. The van der Waals surface area contributed by atoms with Crippen LogP contribution in [0.4, 0.5) is 0 Å². The molecule has 0 unspecified atom stereocenters. The number of carboxylic acids is 1. The van der Waals surface area contributed by atoms with Crippen molar-refractivity contribution in [3.63, 3.8) is 0 Å². The molecule has 11 heavy (non-hydrogen) atoms. The van der Waals surface area contributed by atoms with Crippen molar-refractivity contribution >= 4 is 11.8 Å². The Morgan fingerprint density at radius 3 is 2.45 bits per heavy atom. The predicted octanol–water partition coefficient (Wildman–Crippen LogP) is -0.307. The Labute approximate surface area is 62.7 Å². The maximum Gasteiger partial charge on any atom is 0.373 e. The van der Waals surface area contributed by atoms with E-state index in [1.54, 1.807) is 24.5 Å². The zero-order valence-corrected chi connectivity index (χ0v) is 5.64. The number of aromatic nitrogens is 1. The molecule has 1 aromatic rings. The number of hydrogen-bond acceptors (Lipinski definition) is 2. The number of carboxylic acid groups (broad SMARTS) is 1. The Morgan fingerprint density at radius 2 is 2.00 bits per heavy atom. The smallest absolute Gasteiger partial charge is 0.373 e. The van der Waals surface area contributed by atoms with E-state index in [0.29, 0.717) is 0 Å². The summed E-state index contributed by atoms with van der Waals surface area (Å²) in [6.07, 6.45) is 3.19. The normalized spacial score (nSPS) is 11.5. The molecule has 0 amide bonds. The minimum Gasteiger partial charge on any atom is -0.475 e. The van der Waals surface area contributed by atoms with E-state index in [1.165, 1.54) is 4.68 Å². The molecule has 1 aromatic heterocycles. The summed E-state index contributed by atoms with van der Waals surface area (Å²) in [6, 6.07) is 3.44. The van der Waals surface area contributed by atoms with E-state index >= 15 is 0 Å². The van der Waals surface area contributed by atoms with Crippen molar-refractivity contribution in [2.24, 2.45) is 10.8 Å². The first-order valence-electron chi connectivity index (χ1n) is 2.91. The van der Waals surface area contributed by atoms with E-state index < -0.39 is 11.8 Å². The minimum atomic E-state index is -1.22. The molecule has 0 saturated heterocycles. The van der Waals surface area contributed by atoms with Crippen LogP contribution in [0.25, 0.3) is 0 Å². The van der Waals surface area contributed by atoms with Crippen LogP contribution in [0.15, 0.2) is 29.6 Å². The first-order chi connectivity index (χ1) is 5.20. The lowest BCUT2D eigenvalue weighted by molar-refractivity contribution is -0.129. The van der Waals surface area contributed by atoms with Gasteiger partial charge in [-0.1, -0.05) is 0 Å². The van der Waals surface area contributed by atoms with Gasteiger partial charge in [0.05, 0.1) is 0 Å². The number of aliphatic carboxylic acids is 1. The molecule has 3 N–H and O–H groups in total. The topological polar surface area (TPSA) is 80.6 Å². The van der Waals surface area contributed by atoms with Crippen LogP contribution in [0, 0.1) is 0 Å². The SMILES string of the molecule is N/C(=N\n1cccc1)C(=O)O. The van der Waals surface area contributed by atoms with E-state index in [1.807, 2.05) is 0 Å². The highest BCUT2D eigenvalue weighted by atomic mass is 16.4. The van der Waals surface area contributed by atoms with E-state index in [-0.39, 0.29) is 0 Å². The van der Waals surface area contributed by atoms with Gasteiger partial charge >= 0.3 is 5.97 Å². The quantitative estimate of drug-likeness (QED) is 0.429. The maximum atomic E-state index is 10.2. The molecule has 0 aliphatic heterocycles. The third kappa shape index (κ3) is 1.82. The molecule has 5 heteroatoms. The highest BCUT2D eigenvalue weighted by molar-refractivity contribution is 6.33. The molecular weight excluding hydrogens is 146 g/mol. The lowest BCUT2D eigenvalue weighted by Gasteiger charge is -1.92. The molecule has 0 atom stereocenters. The van der Waals surface area contributed by atoms with Crippen LogP contribution in [0.2, 0.25) is 0 Å². The lowest BCUT2D eigenvalue weighted by Crippen LogP contribution is -2.23. The average Bonchev–Trinajstić information content (AvgIpc) is 2.39.